The molecule has 26 heavy (non-hydrogen) atoms. The topological polar surface area (TPSA) is 46.5 Å². The van der Waals surface area contributed by atoms with Crippen LogP contribution in [0, 0.1) is 35.0 Å². The van der Waals surface area contributed by atoms with E-state index >= 15 is 0 Å². The summed E-state index contributed by atoms with van der Waals surface area (Å²) in [5, 5.41) is 11.4. The summed E-state index contributed by atoms with van der Waals surface area (Å²) < 4.78 is 6.30. The van der Waals surface area contributed by atoms with Crippen LogP contribution in [-0.2, 0) is 9.53 Å². The van der Waals surface area contributed by atoms with Crippen LogP contribution in [0.2, 0.25) is 0 Å². The van der Waals surface area contributed by atoms with Crippen LogP contribution in [0.1, 0.15) is 66.2 Å². The molecule has 3 saturated carbocycles. The fourth-order valence-electron chi connectivity index (χ4n) is 6.08. The Kier molecular flexibility index (Phi) is 4.12. The lowest BCUT2D eigenvalue weighted by Gasteiger charge is -2.53. The Balaban J connectivity index is 1.82. The van der Waals surface area contributed by atoms with Crippen LogP contribution < -0.4 is 0 Å². The first-order chi connectivity index (χ1) is 12.3. The zero-order chi connectivity index (χ0) is 18.7. The van der Waals surface area contributed by atoms with E-state index in [4.69, 9.17) is 4.74 Å². The van der Waals surface area contributed by atoms with Gasteiger partial charge in [0, 0.05) is 24.2 Å². The molecule has 3 heteroatoms. The average Bonchev–Trinajstić information content (AvgIpc) is 2.85. The van der Waals surface area contributed by atoms with Crippen molar-refractivity contribution in [1.29, 1.82) is 0 Å². The maximum absolute atomic E-state index is 11.9. The van der Waals surface area contributed by atoms with Gasteiger partial charge in [-0.15, -0.1) is 5.92 Å². The number of carbonyl (C=O) groups excluding carboxylic acids is 1. The molecule has 3 aliphatic carbocycles. The molecule has 4 rings (SSSR count). The van der Waals surface area contributed by atoms with Crippen LogP contribution in [0.4, 0.5) is 0 Å². The number of hydrogen-bond donors (Lipinski definition) is 1. The summed E-state index contributed by atoms with van der Waals surface area (Å²) in [5.41, 5.74) is 2.74. The Morgan fingerprint density at radius 3 is 2.81 bits per heavy atom. The minimum Gasteiger partial charge on any atom is -0.493 e. The van der Waals surface area contributed by atoms with Gasteiger partial charge in [0.15, 0.2) is 0 Å². The minimum atomic E-state index is -0.925. The van der Waals surface area contributed by atoms with Gasteiger partial charge < -0.3 is 9.84 Å². The Hall–Kier alpha value is -1.53. The molecule has 0 aromatic rings. The van der Waals surface area contributed by atoms with Gasteiger partial charge in [0.2, 0.25) is 0 Å². The number of Topliss-reactive ketones (excluding diaryl/α,β-unsaturated/α-hetero) is 1. The standard InChI is InChI=1S/C23H30O3/c1-5-9-23(25)10-8-19-21-20(18(14(2)3)12-22(19,23)4)17-7-6-16(24)11-15(17)13-26-21/h13-14,18-19,21,25H,6-8,10-12H2,1-4H3/t18?,19-,21-,22-,23-/m0/s1. The van der Waals surface area contributed by atoms with E-state index in [2.05, 4.69) is 32.6 Å². The van der Waals surface area contributed by atoms with E-state index in [1.807, 2.05) is 13.2 Å². The van der Waals surface area contributed by atoms with Crippen molar-refractivity contribution in [3.8, 4) is 11.8 Å². The minimum absolute atomic E-state index is 0.0285. The predicted molar refractivity (Wildman–Crippen MR) is 101 cm³/mol. The molecule has 3 nitrogen and oxygen atoms in total. The van der Waals surface area contributed by atoms with Gasteiger partial charge >= 0.3 is 0 Å². The number of carbonyl (C=O) groups is 1. The molecule has 0 spiro atoms. The molecule has 0 aromatic carbocycles. The van der Waals surface area contributed by atoms with Crippen molar-refractivity contribution in [2.24, 2.45) is 23.2 Å². The second-order valence-electron chi connectivity index (χ2n) is 9.20. The maximum atomic E-state index is 11.9. The molecule has 1 N–H and O–H groups in total. The highest BCUT2D eigenvalue weighted by molar-refractivity contribution is 5.84. The van der Waals surface area contributed by atoms with E-state index < -0.39 is 5.60 Å². The van der Waals surface area contributed by atoms with E-state index in [9.17, 15) is 9.90 Å². The molecule has 0 saturated heterocycles. The highest BCUT2D eigenvalue weighted by Gasteiger charge is 2.63. The Labute approximate surface area is 156 Å². The van der Waals surface area contributed by atoms with Crippen molar-refractivity contribution >= 4 is 5.78 Å². The molecule has 4 aliphatic rings. The zero-order valence-corrected chi connectivity index (χ0v) is 16.4. The van der Waals surface area contributed by atoms with E-state index in [-0.39, 0.29) is 17.4 Å². The van der Waals surface area contributed by atoms with Gasteiger partial charge in [-0.3, -0.25) is 4.79 Å². The normalized spacial score (nSPS) is 41.5. The molecular formula is C23H30O3. The maximum Gasteiger partial charge on any atom is 0.137 e. The van der Waals surface area contributed by atoms with Gasteiger partial charge in [-0.05, 0) is 61.2 Å². The van der Waals surface area contributed by atoms with E-state index in [1.54, 1.807) is 0 Å². The average molecular weight is 354 g/mol. The molecule has 0 bridgehead atoms. The van der Waals surface area contributed by atoms with Gasteiger partial charge in [-0.2, -0.15) is 0 Å². The summed E-state index contributed by atoms with van der Waals surface area (Å²) in [6.45, 7) is 8.57. The third kappa shape index (κ3) is 2.34. The lowest BCUT2D eigenvalue weighted by molar-refractivity contribution is -0.119. The first-order valence-electron chi connectivity index (χ1n) is 10.1. The molecule has 3 fully saturated rings. The smallest absolute Gasteiger partial charge is 0.137 e. The molecule has 140 valence electrons. The van der Waals surface area contributed by atoms with Gasteiger partial charge in [-0.1, -0.05) is 26.7 Å². The van der Waals surface area contributed by atoms with Gasteiger partial charge in [0.1, 0.15) is 17.5 Å². The lowest BCUT2D eigenvalue weighted by Crippen LogP contribution is -2.54. The summed E-state index contributed by atoms with van der Waals surface area (Å²) in [6.07, 6.45) is 6.51. The number of ether oxygens (including phenoxy) is 1. The van der Waals surface area contributed by atoms with Crippen LogP contribution in [0.25, 0.3) is 0 Å². The third-order valence-corrected chi connectivity index (χ3v) is 7.57. The number of aliphatic hydroxyl groups is 1. The fraction of sp³-hybridized carbons (Fsp3) is 0.696. The van der Waals surface area contributed by atoms with Crippen molar-refractivity contribution in [3.05, 3.63) is 23.0 Å². The lowest BCUT2D eigenvalue weighted by atomic mass is 9.55. The quantitative estimate of drug-likeness (QED) is 0.719. The number of hydrogen-bond acceptors (Lipinski definition) is 3. The summed E-state index contributed by atoms with van der Waals surface area (Å²) in [7, 11) is 0. The summed E-state index contributed by atoms with van der Waals surface area (Å²) >= 11 is 0. The molecule has 0 radical (unpaired) electrons. The number of rotatable bonds is 1. The Morgan fingerprint density at radius 1 is 1.35 bits per heavy atom. The fourth-order valence-corrected chi connectivity index (χ4v) is 6.08. The zero-order valence-electron chi connectivity index (χ0n) is 16.4. The molecular weight excluding hydrogens is 324 g/mol. The third-order valence-electron chi connectivity index (χ3n) is 7.57. The van der Waals surface area contributed by atoms with Crippen LogP contribution in [-0.4, -0.2) is 22.6 Å². The molecule has 1 unspecified atom stereocenters. The van der Waals surface area contributed by atoms with Crippen LogP contribution in [0.5, 0.6) is 0 Å². The second kappa shape index (κ2) is 5.99. The number of allylic oxidation sites excluding steroid dienone is 2. The van der Waals surface area contributed by atoms with Crippen LogP contribution >= 0.6 is 0 Å². The molecule has 1 heterocycles. The number of fused-ring (bicyclic) bond motifs is 4. The molecule has 1 aliphatic heterocycles. The SMILES string of the molecule is CC#C[C@]1(O)CC[C@H]2[C@@H]3OC=C4CC(=O)CCC4=C3C(C(C)C)C[C@@]21C. The Bertz CT molecular complexity index is 758. The van der Waals surface area contributed by atoms with Gasteiger partial charge in [0.05, 0.1) is 6.26 Å². The van der Waals surface area contributed by atoms with Gasteiger partial charge in [0.25, 0.3) is 0 Å². The largest absolute Gasteiger partial charge is 0.493 e. The molecule has 0 amide bonds. The van der Waals surface area contributed by atoms with E-state index in [0.717, 1.165) is 31.3 Å². The van der Waals surface area contributed by atoms with E-state index in [1.165, 1.54) is 11.1 Å². The van der Waals surface area contributed by atoms with Crippen molar-refractivity contribution in [2.45, 2.75) is 77.9 Å². The summed E-state index contributed by atoms with van der Waals surface area (Å²) in [5.74, 6) is 7.56. The van der Waals surface area contributed by atoms with Crippen LogP contribution in [0.15, 0.2) is 23.0 Å². The number of ketones is 1. The summed E-state index contributed by atoms with van der Waals surface area (Å²) in [6, 6.07) is 0. The van der Waals surface area contributed by atoms with Crippen molar-refractivity contribution in [2.75, 3.05) is 0 Å². The molecule has 5 atom stereocenters. The van der Waals surface area contributed by atoms with Crippen LogP contribution in [0.3, 0.4) is 0 Å². The second-order valence-corrected chi connectivity index (χ2v) is 9.20. The summed E-state index contributed by atoms with van der Waals surface area (Å²) in [4.78, 5) is 11.9. The van der Waals surface area contributed by atoms with E-state index in [0.29, 0.717) is 30.5 Å². The first-order valence-corrected chi connectivity index (χ1v) is 10.1. The van der Waals surface area contributed by atoms with Crippen molar-refractivity contribution < 1.29 is 14.6 Å². The first kappa shape index (κ1) is 17.9. The van der Waals surface area contributed by atoms with Crippen molar-refractivity contribution in [1.82, 2.24) is 0 Å². The van der Waals surface area contributed by atoms with Crippen molar-refractivity contribution in [3.63, 3.8) is 0 Å². The highest BCUT2D eigenvalue weighted by Crippen LogP contribution is 2.63. The highest BCUT2D eigenvalue weighted by atomic mass is 16.5. The monoisotopic (exact) mass is 354 g/mol. The molecule has 0 aromatic heterocycles. The predicted octanol–water partition coefficient (Wildman–Crippen LogP) is 4.17. The van der Waals surface area contributed by atoms with Gasteiger partial charge in [-0.25, -0.2) is 0 Å². The Morgan fingerprint density at radius 2 is 2.12 bits per heavy atom.